The van der Waals surface area contributed by atoms with Crippen molar-refractivity contribution < 1.29 is 32.4 Å². The van der Waals surface area contributed by atoms with Gasteiger partial charge in [0.05, 0.1) is 8.57 Å². The fourth-order valence-corrected chi connectivity index (χ4v) is 0.760. The molecule has 0 aliphatic carbocycles. The van der Waals surface area contributed by atoms with E-state index >= 15 is 0 Å². The van der Waals surface area contributed by atoms with E-state index in [2.05, 4.69) is 11.1 Å². The Kier molecular flexibility index (Phi) is 1.12. The van der Waals surface area contributed by atoms with Crippen molar-refractivity contribution in [1.29, 1.82) is 0 Å². The molecule has 0 aliphatic rings. The van der Waals surface area contributed by atoms with E-state index in [0.717, 1.165) is 0 Å². The van der Waals surface area contributed by atoms with Crippen molar-refractivity contribution in [2.45, 2.75) is 0 Å². The van der Waals surface area contributed by atoms with Crippen LogP contribution in [0.5, 0.6) is 0 Å². The van der Waals surface area contributed by atoms with E-state index in [1.165, 1.54) is 0 Å². The topological polar surface area (TPSA) is 17.8 Å². The monoisotopic (exact) mass is 359 g/mol. The van der Waals surface area contributed by atoms with Crippen LogP contribution in [0.2, 0.25) is 0 Å². The first-order chi connectivity index (χ1) is 9.55. The maximum Gasteiger partial charge on any atom is 0.0846 e. The van der Waals surface area contributed by atoms with Gasteiger partial charge >= 0.3 is 0 Å². The molecular formula is C10H9IrN2-. The minimum absolute atomic E-state index is 0. The van der Waals surface area contributed by atoms with Gasteiger partial charge in [0, 0.05) is 46.3 Å². The summed E-state index contributed by atoms with van der Waals surface area (Å²) >= 11 is 0. The Morgan fingerprint density at radius 2 is 2.54 bits per heavy atom. The Hall–Kier alpha value is -0.921. The SMILES string of the molecule is [2H]c1[c-]c(-c2nc([2H])c([2H])n2C([2H])([2H])[2H])c([2H])c([2H])c1[2H].[Ir]. The van der Waals surface area contributed by atoms with Crippen LogP contribution in [0.3, 0.4) is 0 Å². The van der Waals surface area contributed by atoms with Crippen LogP contribution in [0.4, 0.5) is 0 Å². The number of hydrogen-bond acceptors (Lipinski definition) is 1. The van der Waals surface area contributed by atoms with Crippen molar-refractivity contribution >= 4 is 0 Å². The van der Waals surface area contributed by atoms with E-state index < -0.39 is 49.3 Å². The van der Waals surface area contributed by atoms with Crippen LogP contribution in [0.1, 0.15) is 12.3 Å². The molecule has 1 aromatic heterocycles. The van der Waals surface area contributed by atoms with E-state index in [-0.39, 0.29) is 25.7 Å². The predicted octanol–water partition coefficient (Wildman–Crippen LogP) is 1.88. The largest absolute Gasteiger partial charge is 0.373 e. The van der Waals surface area contributed by atoms with Gasteiger partial charge in [-0.1, -0.05) is 0 Å². The van der Waals surface area contributed by atoms with E-state index in [4.69, 9.17) is 12.3 Å². The van der Waals surface area contributed by atoms with E-state index in [0.29, 0.717) is 4.57 Å². The number of aromatic nitrogens is 2. The molecule has 0 unspecified atom stereocenters. The Morgan fingerprint density at radius 1 is 1.62 bits per heavy atom. The Morgan fingerprint density at radius 3 is 3.38 bits per heavy atom. The summed E-state index contributed by atoms with van der Waals surface area (Å²) in [7, 11) is 0. The van der Waals surface area contributed by atoms with Gasteiger partial charge in [0.15, 0.2) is 0 Å². The van der Waals surface area contributed by atoms with Crippen LogP contribution >= 0.6 is 0 Å². The Bertz CT molecular complexity index is 722. The van der Waals surface area contributed by atoms with Gasteiger partial charge in [-0.05, 0) is 2.74 Å². The molecule has 0 N–H and O–H groups in total. The third-order valence-electron chi connectivity index (χ3n) is 1.26. The summed E-state index contributed by atoms with van der Waals surface area (Å²) in [6, 6.07) is 0.252. The summed E-state index contributed by atoms with van der Waals surface area (Å²) in [4.78, 5) is 3.62. The van der Waals surface area contributed by atoms with Crippen LogP contribution in [0.15, 0.2) is 36.5 Å². The minimum atomic E-state index is -2.80. The van der Waals surface area contributed by atoms with Crippen molar-refractivity contribution in [3.05, 3.63) is 42.6 Å². The van der Waals surface area contributed by atoms with Crippen LogP contribution in [0.25, 0.3) is 11.4 Å². The van der Waals surface area contributed by atoms with Crippen LogP contribution in [-0.4, -0.2) is 9.55 Å². The van der Waals surface area contributed by atoms with Crippen LogP contribution in [0, 0.1) is 6.07 Å². The first-order valence-corrected chi connectivity index (χ1v) is 3.12. The molecule has 0 amide bonds. The minimum Gasteiger partial charge on any atom is -0.373 e. The maximum atomic E-state index is 7.77. The second kappa shape index (κ2) is 4.35. The van der Waals surface area contributed by atoms with Gasteiger partial charge in [0.2, 0.25) is 0 Å². The molecule has 69 valence electrons. The van der Waals surface area contributed by atoms with Crippen molar-refractivity contribution in [1.82, 2.24) is 9.55 Å². The number of benzene rings is 1. The molecule has 2 rings (SSSR count). The molecule has 1 radical (unpaired) electrons. The fraction of sp³-hybridized carbons (Fsp3) is 0.100. The van der Waals surface area contributed by atoms with Gasteiger partial charge in [-0.3, -0.25) is 4.98 Å². The quantitative estimate of drug-likeness (QED) is 0.712. The smallest absolute Gasteiger partial charge is 0.0846 e. The van der Waals surface area contributed by atoms with Gasteiger partial charge in [0.1, 0.15) is 0 Å². The van der Waals surface area contributed by atoms with Crippen LogP contribution in [-0.2, 0) is 27.1 Å². The molecule has 0 fully saturated rings. The second-order valence-electron chi connectivity index (χ2n) is 1.99. The molecule has 2 aromatic rings. The van der Waals surface area contributed by atoms with E-state index in [9.17, 15) is 0 Å². The zero-order valence-electron chi connectivity index (χ0n) is 15.2. The summed E-state index contributed by atoms with van der Waals surface area (Å²) in [5.41, 5.74) is -0.288. The van der Waals surface area contributed by atoms with E-state index in [1.807, 2.05) is 0 Å². The molecule has 13 heavy (non-hydrogen) atoms. The standard InChI is InChI=1S/C10H9N2.Ir/c1-12-8-7-11-10(12)9-5-3-2-4-6-9;/h2-5,7-8H,1H3;/q-1;/i1D3,2D,3D,4D,5D,7D,8D;. The Labute approximate surface area is 104 Å². The zero-order valence-corrected chi connectivity index (χ0v) is 8.62. The van der Waals surface area contributed by atoms with Crippen molar-refractivity contribution in [3.8, 4) is 11.4 Å². The van der Waals surface area contributed by atoms with Gasteiger partial charge < -0.3 is 4.57 Å². The molecular weight excluding hydrogens is 340 g/mol. The molecule has 0 atom stereocenters. The first kappa shape index (κ1) is 3.34. The van der Waals surface area contributed by atoms with Crippen molar-refractivity contribution in [2.24, 2.45) is 6.98 Å². The molecule has 3 heteroatoms. The third kappa shape index (κ3) is 2.06. The fourth-order valence-electron chi connectivity index (χ4n) is 0.760. The molecule has 0 saturated heterocycles. The van der Waals surface area contributed by atoms with Crippen LogP contribution < -0.4 is 0 Å². The van der Waals surface area contributed by atoms with Gasteiger partial charge in [-0.2, -0.15) is 0 Å². The average molecular weight is 358 g/mol. The van der Waals surface area contributed by atoms with Crippen molar-refractivity contribution in [2.75, 3.05) is 0 Å². The summed E-state index contributed by atoms with van der Waals surface area (Å²) in [6.45, 7) is -2.80. The van der Waals surface area contributed by atoms with Crippen molar-refractivity contribution in [3.63, 3.8) is 0 Å². The van der Waals surface area contributed by atoms with E-state index in [1.54, 1.807) is 0 Å². The Balaban J connectivity index is 0.00000242. The zero-order chi connectivity index (χ0) is 16.1. The molecule has 0 aliphatic heterocycles. The normalized spacial score (nSPS) is 20.2. The number of imidazole rings is 1. The number of hydrogen-bond donors (Lipinski definition) is 0. The maximum absolute atomic E-state index is 7.77. The van der Waals surface area contributed by atoms with Gasteiger partial charge in [-0.15, -0.1) is 35.8 Å². The van der Waals surface area contributed by atoms with Gasteiger partial charge in [0.25, 0.3) is 0 Å². The summed E-state index contributed by atoms with van der Waals surface area (Å²) < 4.78 is 68.0. The molecule has 1 heterocycles. The molecule has 0 bridgehead atoms. The van der Waals surface area contributed by atoms with Gasteiger partial charge in [-0.25, -0.2) is 0 Å². The molecule has 2 nitrogen and oxygen atoms in total. The average Bonchev–Trinajstić information content (AvgIpc) is 2.67. The molecule has 0 spiro atoms. The number of nitrogens with zero attached hydrogens (tertiary/aromatic N) is 2. The third-order valence-corrected chi connectivity index (χ3v) is 1.26. The summed E-state index contributed by atoms with van der Waals surface area (Å²) in [6.07, 6.45) is -1.26. The molecule has 1 aromatic carbocycles. The summed E-state index contributed by atoms with van der Waals surface area (Å²) in [5, 5.41) is 0. The summed E-state index contributed by atoms with van der Waals surface area (Å²) in [5.74, 6) is -0.406. The first-order valence-electron chi connectivity index (χ1n) is 7.62. The second-order valence-corrected chi connectivity index (χ2v) is 1.99. The predicted molar refractivity (Wildman–Crippen MR) is 47.5 cm³/mol. The number of rotatable bonds is 1. The molecule has 0 saturated carbocycles.